The van der Waals surface area contributed by atoms with Gasteiger partial charge in [0.2, 0.25) is 5.91 Å². The lowest BCUT2D eigenvalue weighted by atomic mass is 10.2. The van der Waals surface area contributed by atoms with Crippen LogP contribution in [0.25, 0.3) is 0 Å². The molecule has 0 fully saturated rings. The van der Waals surface area contributed by atoms with Gasteiger partial charge in [0.15, 0.2) is 5.76 Å². The molecular formula is C17H18N2O5. The number of benzene rings is 1. The van der Waals surface area contributed by atoms with Gasteiger partial charge in [-0.2, -0.15) is 0 Å². The molecule has 0 radical (unpaired) electrons. The second-order valence-corrected chi connectivity index (χ2v) is 4.95. The maximum Gasteiger partial charge on any atom is 0.337 e. The van der Waals surface area contributed by atoms with Crippen molar-refractivity contribution in [2.75, 3.05) is 19.0 Å². The summed E-state index contributed by atoms with van der Waals surface area (Å²) in [5, 5.41) is 5.39. The Balaban J connectivity index is 1.69. The fourth-order valence-electron chi connectivity index (χ4n) is 1.98. The van der Waals surface area contributed by atoms with Crippen molar-refractivity contribution in [1.82, 2.24) is 5.32 Å². The molecule has 0 saturated heterocycles. The number of methoxy groups -OCH3 is 1. The molecule has 126 valence electrons. The summed E-state index contributed by atoms with van der Waals surface area (Å²) in [5.74, 6) is -0.669. The highest BCUT2D eigenvalue weighted by molar-refractivity contribution is 5.93. The van der Waals surface area contributed by atoms with E-state index in [1.54, 1.807) is 36.4 Å². The summed E-state index contributed by atoms with van der Waals surface area (Å²) < 4.78 is 9.56. The summed E-state index contributed by atoms with van der Waals surface area (Å²) in [6.45, 7) is 0.369. The predicted molar refractivity (Wildman–Crippen MR) is 86.7 cm³/mol. The summed E-state index contributed by atoms with van der Waals surface area (Å²) >= 11 is 0. The van der Waals surface area contributed by atoms with Crippen molar-refractivity contribution in [1.29, 1.82) is 0 Å². The van der Waals surface area contributed by atoms with E-state index in [0.29, 0.717) is 24.2 Å². The Bertz CT molecular complexity index is 692. The molecule has 0 aliphatic heterocycles. The summed E-state index contributed by atoms with van der Waals surface area (Å²) in [7, 11) is 1.31. The molecule has 0 saturated carbocycles. The minimum Gasteiger partial charge on any atom is -0.465 e. The van der Waals surface area contributed by atoms with Crippen molar-refractivity contribution in [3.63, 3.8) is 0 Å². The van der Waals surface area contributed by atoms with E-state index < -0.39 is 5.97 Å². The van der Waals surface area contributed by atoms with Crippen LogP contribution in [0.15, 0.2) is 47.1 Å². The van der Waals surface area contributed by atoms with Crippen LogP contribution in [0.2, 0.25) is 0 Å². The maximum absolute atomic E-state index is 11.8. The van der Waals surface area contributed by atoms with E-state index in [9.17, 15) is 14.4 Å². The van der Waals surface area contributed by atoms with Crippen molar-refractivity contribution in [3.05, 3.63) is 54.0 Å². The van der Waals surface area contributed by atoms with Crippen molar-refractivity contribution < 1.29 is 23.5 Å². The molecule has 0 aliphatic rings. The highest BCUT2D eigenvalue weighted by atomic mass is 16.5. The van der Waals surface area contributed by atoms with Gasteiger partial charge in [-0.25, -0.2) is 4.79 Å². The molecule has 0 unspecified atom stereocenters. The van der Waals surface area contributed by atoms with Crippen LogP contribution in [0, 0.1) is 0 Å². The standard InChI is InChI=1S/C17H18N2O5/c1-23-17(22)12-6-8-13(9-7-12)19-15(20)5-2-10-18-16(21)14-4-3-11-24-14/h3-4,6-9,11H,2,5,10H2,1H3,(H,18,21)(H,19,20). The molecule has 2 amide bonds. The van der Waals surface area contributed by atoms with E-state index in [0.717, 1.165) is 0 Å². The highest BCUT2D eigenvalue weighted by Crippen LogP contribution is 2.11. The van der Waals surface area contributed by atoms with Crippen LogP contribution < -0.4 is 10.6 Å². The molecule has 0 bridgehead atoms. The maximum atomic E-state index is 11.8. The number of nitrogens with one attached hydrogen (secondary N) is 2. The Morgan fingerprint density at radius 1 is 1.12 bits per heavy atom. The number of hydrogen-bond donors (Lipinski definition) is 2. The van der Waals surface area contributed by atoms with Gasteiger partial charge in [-0.3, -0.25) is 9.59 Å². The van der Waals surface area contributed by atoms with Gasteiger partial charge in [-0.1, -0.05) is 0 Å². The minimum atomic E-state index is -0.430. The normalized spacial score (nSPS) is 10.0. The van der Waals surface area contributed by atoms with Crippen LogP contribution in [0.3, 0.4) is 0 Å². The third-order valence-electron chi connectivity index (χ3n) is 3.20. The number of furan rings is 1. The zero-order valence-corrected chi connectivity index (χ0v) is 13.2. The average molecular weight is 330 g/mol. The monoisotopic (exact) mass is 330 g/mol. The third-order valence-corrected chi connectivity index (χ3v) is 3.20. The summed E-state index contributed by atoms with van der Waals surface area (Å²) in [4.78, 5) is 34.7. The molecular weight excluding hydrogens is 312 g/mol. The van der Waals surface area contributed by atoms with Gasteiger partial charge in [0.1, 0.15) is 0 Å². The van der Waals surface area contributed by atoms with Crippen molar-refractivity contribution in [2.24, 2.45) is 0 Å². The Labute approximate surface area is 139 Å². The molecule has 24 heavy (non-hydrogen) atoms. The van der Waals surface area contributed by atoms with Crippen LogP contribution in [0.1, 0.15) is 33.8 Å². The molecule has 0 aliphatic carbocycles. The van der Waals surface area contributed by atoms with Crippen molar-refractivity contribution in [2.45, 2.75) is 12.8 Å². The van der Waals surface area contributed by atoms with Crippen LogP contribution in [-0.4, -0.2) is 31.4 Å². The Kier molecular flexibility index (Phi) is 6.13. The largest absolute Gasteiger partial charge is 0.465 e. The van der Waals surface area contributed by atoms with Crippen LogP contribution >= 0.6 is 0 Å². The average Bonchev–Trinajstić information content (AvgIpc) is 3.13. The Morgan fingerprint density at radius 2 is 1.88 bits per heavy atom. The first kappa shape index (κ1) is 17.3. The Morgan fingerprint density at radius 3 is 2.50 bits per heavy atom. The van der Waals surface area contributed by atoms with Gasteiger partial charge in [0, 0.05) is 18.7 Å². The van der Waals surface area contributed by atoms with Crippen molar-refractivity contribution in [3.8, 4) is 0 Å². The molecule has 7 heteroatoms. The van der Waals surface area contributed by atoms with Gasteiger partial charge < -0.3 is 19.8 Å². The van der Waals surface area contributed by atoms with Gasteiger partial charge in [-0.15, -0.1) is 0 Å². The SMILES string of the molecule is COC(=O)c1ccc(NC(=O)CCCNC(=O)c2ccco2)cc1. The molecule has 1 heterocycles. The molecule has 2 rings (SSSR count). The van der Waals surface area contributed by atoms with Gasteiger partial charge in [-0.05, 0) is 42.8 Å². The van der Waals surface area contributed by atoms with Gasteiger partial charge in [0.05, 0.1) is 18.9 Å². The number of ether oxygens (including phenoxy) is 1. The van der Waals surface area contributed by atoms with Gasteiger partial charge in [0.25, 0.3) is 5.91 Å². The highest BCUT2D eigenvalue weighted by Gasteiger charge is 2.09. The second-order valence-electron chi connectivity index (χ2n) is 4.95. The van der Waals surface area contributed by atoms with E-state index in [1.165, 1.54) is 13.4 Å². The topological polar surface area (TPSA) is 97.6 Å². The first-order valence-electron chi connectivity index (χ1n) is 7.40. The number of carbonyl (C=O) groups is 3. The fraction of sp³-hybridized carbons (Fsp3) is 0.235. The molecule has 1 aromatic heterocycles. The zero-order chi connectivity index (χ0) is 17.4. The number of hydrogen-bond acceptors (Lipinski definition) is 5. The van der Waals surface area contributed by atoms with Crippen LogP contribution in [-0.2, 0) is 9.53 Å². The minimum absolute atomic E-state index is 0.173. The van der Waals surface area contributed by atoms with Crippen LogP contribution in [0.4, 0.5) is 5.69 Å². The van der Waals surface area contributed by atoms with E-state index >= 15 is 0 Å². The smallest absolute Gasteiger partial charge is 0.337 e. The quantitative estimate of drug-likeness (QED) is 0.599. The number of rotatable bonds is 7. The molecule has 0 spiro atoms. The summed E-state index contributed by atoms with van der Waals surface area (Å²) in [6, 6.07) is 9.61. The number of anilines is 1. The first-order valence-corrected chi connectivity index (χ1v) is 7.40. The molecule has 0 atom stereocenters. The fourth-order valence-corrected chi connectivity index (χ4v) is 1.98. The van der Waals surface area contributed by atoms with E-state index in [2.05, 4.69) is 15.4 Å². The van der Waals surface area contributed by atoms with E-state index in [1.807, 2.05) is 0 Å². The number of amides is 2. The lowest BCUT2D eigenvalue weighted by molar-refractivity contribution is -0.116. The molecule has 2 N–H and O–H groups in total. The van der Waals surface area contributed by atoms with E-state index in [4.69, 9.17) is 4.42 Å². The molecule has 2 aromatic rings. The zero-order valence-electron chi connectivity index (χ0n) is 13.2. The summed E-state index contributed by atoms with van der Waals surface area (Å²) in [6.07, 6.45) is 2.18. The van der Waals surface area contributed by atoms with Crippen LogP contribution in [0.5, 0.6) is 0 Å². The Hall–Kier alpha value is -3.09. The predicted octanol–water partition coefficient (Wildman–Crippen LogP) is 2.21. The number of esters is 1. The van der Waals surface area contributed by atoms with E-state index in [-0.39, 0.29) is 24.0 Å². The first-order chi connectivity index (χ1) is 11.6. The van der Waals surface area contributed by atoms with Crippen molar-refractivity contribution >= 4 is 23.5 Å². The summed E-state index contributed by atoms with van der Waals surface area (Å²) in [5.41, 5.74) is 1.00. The third kappa shape index (κ3) is 4.98. The lowest BCUT2D eigenvalue weighted by Gasteiger charge is -2.06. The number of carbonyl (C=O) groups excluding carboxylic acids is 3. The second kappa shape index (κ2) is 8.52. The van der Waals surface area contributed by atoms with Gasteiger partial charge >= 0.3 is 5.97 Å². The lowest BCUT2D eigenvalue weighted by Crippen LogP contribution is -2.25. The molecule has 1 aromatic carbocycles. The molecule has 7 nitrogen and oxygen atoms in total.